The molecule has 0 aromatic carbocycles. The van der Waals surface area contributed by atoms with E-state index in [0.717, 1.165) is 0 Å². The quantitative estimate of drug-likeness (QED) is 0.0327. The van der Waals surface area contributed by atoms with Gasteiger partial charge in [0, 0.05) is 21.1 Å². The number of nitrogens with zero attached hydrogens (tertiary/aromatic N) is 8. The van der Waals surface area contributed by atoms with Crippen molar-refractivity contribution in [2.75, 3.05) is 61.9 Å². The molecule has 11 nitrogen and oxygen atoms in total. The van der Waals surface area contributed by atoms with Crippen molar-refractivity contribution in [2.45, 2.75) is 213 Å². The first-order chi connectivity index (χ1) is 29.8. The Morgan fingerprint density at radius 3 is 0.403 bits per heavy atom. The fourth-order valence-corrected chi connectivity index (χ4v) is 5.90. The van der Waals surface area contributed by atoms with Gasteiger partial charge in [0.25, 0.3) is 0 Å². The summed E-state index contributed by atoms with van der Waals surface area (Å²) in [5.74, 6) is 0. The maximum atomic E-state index is 6.25. The SMILES string of the molecule is CCCCCCCCCCCC[NH+](C)C.CCCCCCCCCCCC[NH+](C)C.CCCCCCCCCCCC[NH+](C)C.[C-]#N.[C-]#N.[C-]#N.[C-]#N.[C-]#N.[C-]#N.[C-]#N.[C-]#N.[Mo]. The van der Waals surface area contributed by atoms with Gasteiger partial charge in [-0.1, -0.05) is 175 Å². The van der Waals surface area contributed by atoms with Gasteiger partial charge in [0.05, 0.1) is 61.9 Å². The van der Waals surface area contributed by atoms with Crippen molar-refractivity contribution in [3.63, 3.8) is 0 Å². The molecular formula is C50H96MoN11-5. The summed E-state index contributed by atoms with van der Waals surface area (Å²) in [6.07, 6.45) is 43.4. The van der Waals surface area contributed by atoms with Crippen LogP contribution in [0.3, 0.4) is 0 Å². The summed E-state index contributed by atoms with van der Waals surface area (Å²) >= 11 is 0. The first-order valence-electron chi connectivity index (χ1n) is 23.0. The molecular weight excluding hydrogens is 851 g/mol. The monoisotopic (exact) mass is 949 g/mol. The fraction of sp³-hybridized carbons (Fsp3) is 0.840. The number of rotatable bonds is 33. The van der Waals surface area contributed by atoms with Gasteiger partial charge < -0.3 is 109 Å². The summed E-state index contributed by atoms with van der Waals surface area (Å²) in [7, 11) is 13.5. The van der Waals surface area contributed by atoms with Crippen LogP contribution in [0.15, 0.2) is 0 Å². The van der Waals surface area contributed by atoms with E-state index in [1.54, 1.807) is 14.7 Å². The second-order valence-corrected chi connectivity index (χ2v) is 15.4. The van der Waals surface area contributed by atoms with Crippen molar-refractivity contribution >= 4 is 0 Å². The van der Waals surface area contributed by atoms with Crippen LogP contribution in [0.1, 0.15) is 213 Å². The van der Waals surface area contributed by atoms with Crippen LogP contribution in [0.25, 0.3) is 0 Å². The molecule has 62 heavy (non-hydrogen) atoms. The molecule has 12 heteroatoms. The zero-order valence-electron chi connectivity index (χ0n) is 41.8. The maximum absolute atomic E-state index is 6.25. The summed E-state index contributed by atoms with van der Waals surface area (Å²) in [5, 5.41) is 50.0. The molecule has 0 unspecified atom stereocenters. The third-order valence-electron chi connectivity index (χ3n) is 9.09. The van der Waals surface area contributed by atoms with Gasteiger partial charge in [0.2, 0.25) is 0 Å². The third-order valence-corrected chi connectivity index (χ3v) is 9.09. The Kier molecular flexibility index (Phi) is 179. The Labute approximate surface area is 403 Å². The van der Waals surface area contributed by atoms with Crippen LogP contribution in [-0.4, -0.2) is 61.9 Å². The first-order valence-corrected chi connectivity index (χ1v) is 23.0. The molecule has 0 spiro atoms. The van der Waals surface area contributed by atoms with Gasteiger partial charge in [-0.15, -0.1) is 0 Å². The van der Waals surface area contributed by atoms with E-state index in [0.29, 0.717) is 0 Å². The summed E-state index contributed by atoms with van der Waals surface area (Å²) in [4.78, 5) is 4.78. The third kappa shape index (κ3) is 165. The molecule has 0 bridgehead atoms. The van der Waals surface area contributed by atoms with Crippen molar-refractivity contribution < 1.29 is 35.8 Å². The molecule has 3 N–H and O–H groups in total. The van der Waals surface area contributed by atoms with Crippen molar-refractivity contribution in [1.29, 1.82) is 42.1 Å². The van der Waals surface area contributed by atoms with Gasteiger partial charge in [-0.05, 0) is 38.5 Å². The Bertz CT molecular complexity index is 664. The fourth-order valence-electron chi connectivity index (χ4n) is 5.90. The number of unbranched alkanes of at least 4 members (excludes halogenated alkanes) is 27. The largest absolute Gasteiger partial charge is 0.512 e. The number of quaternary nitrogens is 3. The van der Waals surface area contributed by atoms with Gasteiger partial charge in [0.15, 0.2) is 0 Å². The molecule has 0 saturated carbocycles. The predicted molar refractivity (Wildman–Crippen MR) is 248 cm³/mol. The van der Waals surface area contributed by atoms with Crippen LogP contribution in [0, 0.1) is 94.7 Å². The molecule has 0 atom stereocenters. The minimum atomic E-state index is 0. The molecule has 0 heterocycles. The van der Waals surface area contributed by atoms with E-state index in [2.05, 4.69) is 63.1 Å². The molecule has 0 fully saturated rings. The van der Waals surface area contributed by atoms with Crippen LogP contribution in [-0.2, 0) is 21.1 Å². The summed E-state index contributed by atoms with van der Waals surface area (Å²) in [5.41, 5.74) is 0. The van der Waals surface area contributed by atoms with E-state index in [1.807, 2.05) is 0 Å². The van der Waals surface area contributed by atoms with E-state index in [1.165, 1.54) is 212 Å². The van der Waals surface area contributed by atoms with Crippen molar-refractivity contribution in [1.82, 2.24) is 0 Å². The first kappa shape index (κ1) is 89.4. The Balaban J connectivity index is -0.0000000513. The normalized spacial score (nSPS) is 8.39. The van der Waals surface area contributed by atoms with Crippen molar-refractivity contribution in [3.05, 3.63) is 52.6 Å². The molecule has 0 rings (SSSR count). The molecule has 362 valence electrons. The minimum Gasteiger partial charge on any atom is -0.512 e. The zero-order valence-corrected chi connectivity index (χ0v) is 43.8. The van der Waals surface area contributed by atoms with Crippen LogP contribution in [0.4, 0.5) is 0 Å². The standard InChI is InChI=1S/3C14H31N.8CN.Mo/c3*1-4-5-6-7-8-9-10-11-12-13-14-15(2)3;8*1-2;/h3*4-14H2,1-3H3;;;;;;;;;/q;;;8*-1;/p+3. The summed E-state index contributed by atoms with van der Waals surface area (Å²) < 4.78 is 0. The van der Waals surface area contributed by atoms with Gasteiger partial charge in [0.1, 0.15) is 0 Å². The van der Waals surface area contributed by atoms with Crippen LogP contribution < -0.4 is 14.7 Å². The number of nitrogens with one attached hydrogen (secondary N) is 3. The topological polar surface area (TPSA) is 204 Å². The van der Waals surface area contributed by atoms with E-state index in [9.17, 15) is 0 Å². The second-order valence-electron chi connectivity index (χ2n) is 15.4. The van der Waals surface area contributed by atoms with E-state index < -0.39 is 0 Å². The smallest absolute Gasteiger partial charge is 0.0766 e. The van der Waals surface area contributed by atoms with Crippen LogP contribution in [0.2, 0.25) is 0 Å². The average molecular weight is 947 g/mol. The van der Waals surface area contributed by atoms with Gasteiger partial charge in [-0.25, -0.2) is 0 Å². The van der Waals surface area contributed by atoms with Gasteiger partial charge >= 0.3 is 0 Å². The van der Waals surface area contributed by atoms with E-state index >= 15 is 0 Å². The zero-order chi connectivity index (χ0) is 50.1. The summed E-state index contributed by atoms with van der Waals surface area (Å²) in [6.45, 7) is 48.9. The molecule has 0 radical (unpaired) electrons. The molecule has 0 aliphatic carbocycles. The predicted octanol–water partition coefficient (Wildman–Crippen LogP) is 9.92. The second kappa shape index (κ2) is 124. The molecule has 0 aromatic heterocycles. The van der Waals surface area contributed by atoms with Crippen molar-refractivity contribution in [3.8, 4) is 0 Å². The molecule has 0 aromatic rings. The van der Waals surface area contributed by atoms with Gasteiger partial charge in [-0.2, -0.15) is 0 Å². The minimum absolute atomic E-state index is 0. The van der Waals surface area contributed by atoms with Crippen LogP contribution in [0.5, 0.6) is 0 Å². The van der Waals surface area contributed by atoms with Crippen LogP contribution >= 0.6 is 0 Å². The Morgan fingerprint density at radius 1 is 0.210 bits per heavy atom. The molecule has 0 amide bonds. The van der Waals surface area contributed by atoms with E-state index in [-0.39, 0.29) is 21.1 Å². The maximum Gasteiger partial charge on any atom is 0.0766 e. The average Bonchev–Trinajstić information content (AvgIpc) is 3.31. The van der Waals surface area contributed by atoms with Crippen molar-refractivity contribution in [2.24, 2.45) is 0 Å². The molecule has 0 saturated heterocycles. The summed E-state index contributed by atoms with van der Waals surface area (Å²) in [6, 6.07) is 0. The molecule has 0 aliphatic rings. The Morgan fingerprint density at radius 2 is 0.306 bits per heavy atom. The van der Waals surface area contributed by atoms with Gasteiger partial charge in [-0.3, -0.25) is 0 Å². The Hall–Kier alpha value is -3.51. The molecule has 0 aliphatic heterocycles. The number of hydrogen-bond acceptors (Lipinski definition) is 8. The van der Waals surface area contributed by atoms with E-state index in [4.69, 9.17) is 94.7 Å². The number of hydrogen-bond donors (Lipinski definition) is 3.